The summed E-state index contributed by atoms with van der Waals surface area (Å²) in [7, 11) is 0.0157. The molecular formula is C22H35O4P. The van der Waals surface area contributed by atoms with Crippen molar-refractivity contribution in [3.8, 4) is 11.5 Å². The zero-order valence-electron chi connectivity index (χ0n) is 17.3. The van der Waals surface area contributed by atoms with Gasteiger partial charge in [-0.25, -0.2) is 0 Å². The van der Waals surface area contributed by atoms with Gasteiger partial charge in [-0.15, -0.1) is 0 Å². The Balaban J connectivity index is 2.45. The Kier molecular flexibility index (Phi) is 8.41. The number of hydrogen-bond donors (Lipinski definition) is 0. The van der Waals surface area contributed by atoms with E-state index < -0.39 is 7.14 Å². The van der Waals surface area contributed by atoms with Crippen molar-refractivity contribution in [2.75, 3.05) is 20.4 Å². The van der Waals surface area contributed by atoms with Crippen LogP contribution in [0.4, 0.5) is 0 Å². The molecule has 2 atom stereocenters. The summed E-state index contributed by atoms with van der Waals surface area (Å²) in [5.41, 5.74) is 0.136. The molecule has 4 nitrogen and oxygen atoms in total. The van der Waals surface area contributed by atoms with Gasteiger partial charge >= 0.3 is 0 Å². The van der Waals surface area contributed by atoms with Crippen molar-refractivity contribution in [2.24, 2.45) is 5.92 Å². The lowest BCUT2D eigenvalue weighted by Crippen LogP contribution is -2.20. The molecule has 2 unspecified atom stereocenters. The van der Waals surface area contributed by atoms with E-state index in [1.54, 1.807) is 32.4 Å². The molecule has 1 aliphatic rings. The summed E-state index contributed by atoms with van der Waals surface area (Å²) in [5, 5.41) is 0. The third kappa shape index (κ3) is 4.96. The lowest BCUT2D eigenvalue weighted by molar-refractivity contribution is 0.106. The fourth-order valence-electron chi connectivity index (χ4n) is 4.27. The SMILES string of the molecule is CCCCC(CC)CP(=O)(C(=O)c1c(OC)cccc1OC)C1CCCC1. The minimum atomic E-state index is -3.07. The lowest BCUT2D eigenvalue weighted by atomic mass is 10.0. The molecule has 0 bridgehead atoms. The monoisotopic (exact) mass is 394 g/mol. The summed E-state index contributed by atoms with van der Waals surface area (Å²) in [6, 6.07) is 5.30. The van der Waals surface area contributed by atoms with Crippen molar-refractivity contribution in [2.45, 2.75) is 70.9 Å². The van der Waals surface area contributed by atoms with E-state index in [2.05, 4.69) is 13.8 Å². The molecule has 0 aliphatic heterocycles. The second-order valence-electron chi connectivity index (χ2n) is 7.68. The zero-order valence-corrected chi connectivity index (χ0v) is 18.2. The summed E-state index contributed by atoms with van der Waals surface area (Å²) < 4.78 is 25.2. The number of methoxy groups -OCH3 is 2. The van der Waals surface area contributed by atoms with Crippen LogP contribution in [0.2, 0.25) is 0 Å². The van der Waals surface area contributed by atoms with Gasteiger partial charge in [-0.1, -0.05) is 58.4 Å². The second kappa shape index (κ2) is 10.3. The van der Waals surface area contributed by atoms with E-state index in [4.69, 9.17) is 9.47 Å². The topological polar surface area (TPSA) is 52.6 Å². The Hall–Kier alpha value is -1.28. The quantitative estimate of drug-likeness (QED) is 0.409. The molecule has 0 spiro atoms. The summed E-state index contributed by atoms with van der Waals surface area (Å²) in [6.45, 7) is 4.32. The Morgan fingerprint density at radius 3 is 2.22 bits per heavy atom. The van der Waals surface area contributed by atoms with Gasteiger partial charge in [0.05, 0.1) is 14.2 Å². The standard InChI is InChI=1S/C22H35O4P/c1-5-7-11-17(6-2)16-27(24,18-12-8-9-13-18)22(23)21-19(25-3)14-10-15-20(21)26-4/h10,14-15,17-18H,5-9,11-13,16H2,1-4H3. The molecule has 152 valence electrons. The molecule has 1 aromatic rings. The van der Waals surface area contributed by atoms with Crippen molar-refractivity contribution in [1.29, 1.82) is 0 Å². The molecule has 5 heteroatoms. The Bertz CT molecular complexity index is 642. The molecule has 0 N–H and O–H groups in total. The molecule has 0 radical (unpaired) electrons. The van der Waals surface area contributed by atoms with Gasteiger partial charge in [-0.3, -0.25) is 4.79 Å². The van der Waals surface area contributed by atoms with Crippen LogP contribution in [0.1, 0.15) is 75.6 Å². The maximum absolute atomic E-state index is 14.3. The highest BCUT2D eigenvalue weighted by Crippen LogP contribution is 2.61. The Labute approximate surface area is 164 Å². The molecule has 1 fully saturated rings. The van der Waals surface area contributed by atoms with Crippen LogP contribution < -0.4 is 9.47 Å². The van der Waals surface area contributed by atoms with Crippen LogP contribution in [0.3, 0.4) is 0 Å². The summed E-state index contributed by atoms with van der Waals surface area (Å²) in [6.07, 6.45) is 8.69. The minimum Gasteiger partial charge on any atom is -0.496 e. The predicted molar refractivity (Wildman–Crippen MR) is 112 cm³/mol. The first-order valence-corrected chi connectivity index (χ1v) is 12.3. The number of hydrogen-bond acceptors (Lipinski definition) is 4. The van der Waals surface area contributed by atoms with E-state index in [1.807, 2.05) is 0 Å². The number of carbonyl (C=O) groups is 1. The Morgan fingerprint density at radius 2 is 1.74 bits per heavy atom. The second-order valence-corrected chi connectivity index (χ2v) is 10.8. The number of carbonyl (C=O) groups excluding carboxylic acids is 1. The molecule has 0 aromatic heterocycles. The molecule has 27 heavy (non-hydrogen) atoms. The van der Waals surface area contributed by atoms with E-state index in [-0.39, 0.29) is 11.2 Å². The molecule has 0 amide bonds. The van der Waals surface area contributed by atoms with E-state index in [1.165, 1.54) is 0 Å². The normalized spacial score (nSPS) is 18.1. The van der Waals surface area contributed by atoms with Crippen LogP contribution in [0.15, 0.2) is 18.2 Å². The Morgan fingerprint density at radius 1 is 1.15 bits per heavy atom. The molecular weight excluding hydrogens is 359 g/mol. The number of ether oxygens (including phenoxy) is 2. The van der Waals surface area contributed by atoms with Crippen molar-refractivity contribution in [1.82, 2.24) is 0 Å². The molecule has 0 heterocycles. The number of unbranched alkanes of at least 4 members (excludes halogenated alkanes) is 1. The maximum Gasteiger partial charge on any atom is 0.229 e. The van der Waals surface area contributed by atoms with Crippen LogP contribution in [-0.4, -0.2) is 31.6 Å². The van der Waals surface area contributed by atoms with Gasteiger partial charge in [-0.2, -0.15) is 0 Å². The van der Waals surface area contributed by atoms with Crippen molar-refractivity contribution in [3.05, 3.63) is 23.8 Å². The average molecular weight is 394 g/mol. The minimum absolute atomic E-state index is 0.00953. The summed E-state index contributed by atoms with van der Waals surface area (Å²) in [5.74, 6) is 1.25. The van der Waals surface area contributed by atoms with Crippen molar-refractivity contribution in [3.63, 3.8) is 0 Å². The van der Waals surface area contributed by atoms with Crippen LogP contribution in [-0.2, 0) is 4.57 Å². The highest BCUT2D eigenvalue weighted by molar-refractivity contribution is 7.81. The van der Waals surface area contributed by atoms with Crippen LogP contribution in [0.5, 0.6) is 11.5 Å². The van der Waals surface area contributed by atoms with Crippen molar-refractivity contribution >= 4 is 12.7 Å². The molecule has 2 rings (SSSR count). The first kappa shape index (κ1) is 22.0. The fourth-order valence-corrected chi connectivity index (χ4v) is 8.07. The largest absolute Gasteiger partial charge is 0.496 e. The van der Waals surface area contributed by atoms with Crippen LogP contribution >= 0.6 is 7.14 Å². The third-order valence-corrected chi connectivity index (χ3v) is 9.64. The third-order valence-electron chi connectivity index (χ3n) is 5.97. The molecule has 1 aliphatic carbocycles. The summed E-state index contributed by atoms with van der Waals surface area (Å²) in [4.78, 5) is 13.7. The van der Waals surface area contributed by atoms with Gasteiger partial charge in [0.15, 0.2) is 7.14 Å². The van der Waals surface area contributed by atoms with Gasteiger partial charge in [-0.05, 0) is 30.9 Å². The molecule has 1 saturated carbocycles. The first-order valence-electron chi connectivity index (χ1n) is 10.4. The van der Waals surface area contributed by atoms with E-state index in [9.17, 15) is 9.36 Å². The van der Waals surface area contributed by atoms with Gasteiger partial charge in [0.2, 0.25) is 5.52 Å². The zero-order chi connectivity index (χ0) is 19.9. The number of rotatable bonds is 11. The first-order chi connectivity index (χ1) is 13.0. The smallest absolute Gasteiger partial charge is 0.229 e. The summed E-state index contributed by atoms with van der Waals surface area (Å²) >= 11 is 0. The van der Waals surface area contributed by atoms with Gasteiger partial charge < -0.3 is 14.0 Å². The fraction of sp³-hybridized carbons (Fsp3) is 0.682. The highest BCUT2D eigenvalue weighted by atomic mass is 31.2. The highest BCUT2D eigenvalue weighted by Gasteiger charge is 2.44. The van der Waals surface area contributed by atoms with E-state index in [0.717, 1.165) is 51.4 Å². The lowest BCUT2D eigenvalue weighted by Gasteiger charge is -2.28. The van der Waals surface area contributed by atoms with Gasteiger partial charge in [0.25, 0.3) is 0 Å². The predicted octanol–water partition coefficient (Wildman–Crippen LogP) is 6.37. The van der Waals surface area contributed by atoms with Crippen LogP contribution in [0.25, 0.3) is 0 Å². The van der Waals surface area contributed by atoms with E-state index >= 15 is 0 Å². The van der Waals surface area contributed by atoms with Gasteiger partial charge in [0, 0.05) is 11.8 Å². The average Bonchev–Trinajstić information content (AvgIpc) is 3.25. The maximum atomic E-state index is 14.3. The van der Waals surface area contributed by atoms with Gasteiger partial charge in [0.1, 0.15) is 17.1 Å². The van der Waals surface area contributed by atoms with E-state index in [0.29, 0.717) is 29.1 Å². The molecule has 1 aromatic carbocycles. The van der Waals surface area contributed by atoms with Crippen molar-refractivity contribution < 1.29 is 18.8 Å². The number of benzene rings is 1. The van der Waals surface area contributed by atoms with Crippen LogP contribution in [0, 0.1) is 5.92 Å². The molecule has 0 saturated heterocycles.